The van der Waals surface area contributed by atoms with Crippen LogP contribution < -0.4 is 9.80 Å². The Morgan fingerprint density at radius 3 is 0.926 bits per heavy atom. The predicted molar refractivity (Wildman–Crippen MR) is 235 cm³/mol. The van der Waals surface area contributed by atoms with Crippen LogP contribution in [0.1, 0.15) is 55.6 Å². The van der Waals surface area contributed by atoms with Crippen LogP contribution in [0.3, 0.4) is 0 Å². The van der Waals surface area contributed by atoms with Crippen LogP contribution in [0.15, 0.2) is 158 Å². The molecule has 7 aromatic rings. The van der Waals surface area contributed by atoms with E-state index in [1.54, 1.807) is 0 Å². The third-order valence-corrected chi connectivity index (χ3v) is 10.4. The molecule has 0 spiro atoms. The molecule has 2 heteroatoms. The average molecular weight is 701 g/mol. The van der Waals surface area contributed by atoms with Crippen LogP contribution in [0.2, 0.25) is 0 Å². The fourth-order valence-corrected chi connectivity index (χ4v) is 6.92. The van der Waals surface area contributed by atoms with E-state index in [1.165, 1.54) is 55.6 Å². The molecule has 0 aliphatic carbocycles. The first kappa shape index (κ1) is 36.0. The molecule has 0 saturated heterocycles. The summed E-state index contributed by atoms with van der Waals surface area (Å²) in [6, 6.07) is 56.7. The van der Waals surface area contributed by atoms with E-state index in [9.17, 15) is 0 Å². The molecule has 7 aromatic carbocycles. The minimum atomic E-state index is 1.14. The first-order valence-corrected chi connectivity index (χ1v) is 18.8. The quantitative estimate of drug-likeness (QED) is 0.131. The lowest BCUT2D eigenvalue weighted by molar-refractivity contribution is 1.24. The minimum Gasteiger partial charge on any atom is -0.310 e. The number of rotatable bonds is 10. The van der Waals surface area contributed by atoms with Gasteiger partial charge >= 0.3 is 0 Å². The molecule has 0 bridgehead atoms. The standard InChI is InChI=1S/C52H48N2/c1-37-21-29-49(33-39(37)3)53(47-17-9-7-10-18-47)51-31-27-43(41(5)35-51)23-25-45-15-13-14-16-46(45)26-24-44-28-32-52(36-42(44)6)54(48-19-11-8-12-20-48)50-30-22-38(2)40(4)34-50/h7-36H,1-6H3. The zero-order valence-electron chi connectivity index (χ0n) is 32.2. The van der Waals surface area contributed by atoms with Crippen LogP contribution >= 0.6 is 0 Å². The molecule has 2 nitrogen and oxygen atoms in total. The zero-order chi connectivity index (χ0) is 37.6. The first-order valence-electron chi connectivity index (χ1n) is 18.8. The molecule has 0 aliphatic rings. The normalized spacial score (nSPS) is 11.4. The average Bonchev–Trinajstić information content (AvgIpc) is 3.18. The fourth-order valence-electron chi connectivity index (χ4n) is 6.92. The number of para-hydroxylation sites is 2. The van der Waals surface area contributed by atoms with Crippen LogP contribution in [-0.4, -0.2) is 0 Å². The minimum absolute atomic E-state index is 1.14. The smallest absolute Gasteiger partial charge is 0.0464 e. The van der Waals surface area contributed by atoms with Gasteiger partial charge in [-0.25, -0.2) is 0 Å². The molecular weight excluding hydrogens is 653 g/mol. The van der Waals surface area contributed by atoms with Gasteiger partial charge in [-0.15, -0.1) is 0 Å². The topological polar surface area (TPSA) is 6.48 Å². The Labute approximate surface area is 322 Å². The number of aryl methyl sites for hydroxylation is 6. The van der Waals surface area contributed by atoms with Crippen molar-refractivity contribution in [2.75, 3.05) is 9.80 Å². The summed E-state index contributed by atoms with van der Waals surface area (Å²) in [4.78, 5) is 4.67. The number of nitrogens with zero attached hydrogens (tertiary/aromatic N) is 2. The maximum absolute atomic E-state index is 2.34. The molecule has 0 amide bonds. The second-order valence-electron chi connectivity index (χ2n) is 14.3. The van der Waals surface area contributed by atoms with Gasteiger partial charge in [0.2, 0.25) is 0 Å². The number of hydrogen-bond donors (Lipinski definition) is 0. The SMILES string of the molecule is Cc1ccc(N(c2ccccc2)c2ccc(C=Cc3ccccc3C=Cc3ccc(N(c4ccccc4)c4ccc(C)c(C)c4)cc3C)c(C)c2)cc1C. The maximum atomic E-state index is 2.34. The van der Waals surface area contributed by atoms with Gasteiger partial charge in [0.05, 0.1) is 0 Å². The van der Waals surface area contributed by atoms with E-state index in [1.807, 2.05) is 0 Å². The van der Waals surface area contributed by atoms with Crippen molar-refractivity contribution in [3.8, 4) is 0 Å². The summed E-state index contributed by atoms with van der Waals surface area (Å²) in [5.41, 5.74) is 19.3. The summed E-state index contributed by atoms with van der Waals surface area (Å²) in [5, 5.41) is 0. The third-order valence-electron chi connectivity index (χ3n) is 10.4. The van der Waals surface area contributed by atoms with Crippen molar-refractivity contribution in [3.05, 3.63) is 213 Å². The van der Waals surface area contributed by atoms with Crippen molar-refractivity contribution in [2.24, 2.45) is 0 Å². The molecule has 266 valence electrons. The molecule has 54 heavy (non-hydrogen) atoms. The van der Waals surface area contributed by atoms with Crippen LogP contribution in [-0.2, 0) is 0 Å². The molecule has 7 rings (SSSR count). The molecule has 0 radical (unpaired) electrons. The van der Waals surface area contributed by atoms with Crippen molar-refractivity contribution in [2.45, 2.75) is 41.5 Å². The maximum Gasteiger partial charge on any atom is 0.0464 e. The fraction of sp³-hybridized carbons (Fsp3) is 0.115. The Kier molecular flexibility index (Phi) is 10.7. The Hall–Kier alpha value is -6.38. The molecule has 0 atom stereocenters. The molecule has 0 heterocycles. The predicted octanol–water partition coefficient (Wildman–Crippen LogP) is 14.8. The first-order chi connectivity index (χ1) is 26.2. The summed E-state index contributed by atoms with van der Waals surface area (Å²) in [5.74, 6) is 0. The molecule has 0 aromatic heterocycles. The van der Waals surface area contributed by atoms with E-state index in [-0.39, 0.29) is 0 Å². The lowest BCUT2D eigenvalue weighted by Crippen LogP contribution is -2.10. The number of benzene rings is 7. The van der Waals surface area contributed by atoms with Crippen LogP contribution in [0.25, 0.3) is 24.3 Å². The van der Waals surface area contributed by atoms with Gasteiger partial charge in [-0.05, 0) is 170 Å². The van der Waals surface area contributed by atoms with Crippen molar-refractivity contribution >= 4 is 58.4 Å². The second-order valence-corrected chi connectivity index (χ2v) is 14.3. The van der Waals surface area contributed by atoms with Gasteiger partial charge in [0, 0.05) is 34.1 Å². The Morgan fingerprint density at radius 2 is 0.574 bits per heavy atom. The Morgan fingerprint density at radius 1 is 0.259 bits per heavy atom. The van der Waals surface area contributed by atoms with E-state index in [0.29, 0.717) is 0 Å². The molecule has 0 fully saturated rings. The van der Waals surface area contributed by atoms with Crippen LogP contribution in [0, 0.1) is 41.5 Å². The third kappa shape index (κ3) is 7.99. The summed E-state index contributed by atoms with van der Waals surface area (Å²) >= 11 is 0. The summed E-state index contributed by atoms with van der Waals surface area (Å²) < 4.78 is 0. The Balaban J connectivity index is 1.14. The van der Waals surface area contributed by atoms with Crippen LogP contribution in [0.4, 0.5) is 34.1 Å². The Bertz CT molecular complexity index is 2280. The molecule has 0 aliphatic heterocycles. The van der Waals surface area contributed by atoms with E-state index < -0.39 is 0 Å². The highest BCUT2D eigenvalue weighted by atomic mass is 15.1. The van der Waals surface area contributed by atoms with Crippen LogP contribution in [0.5, 0.6) is 0 Å². The van der Waals surface area contributed by atoms with Crippen molar-refractivity contribution in [1.82, 2.24) is 0 Å². The zero-order valence-corrected chi connectivity index (χ0v) is 32.2. The van der Waals surface area contributed by atoms with Gasteiger partial charge in [-0.3, -0.25) is 0 Å². The molecule has 0 unspecified atom stereocenters. The highest BCUT2D eigenvalue weighted by Gasteiger charge is 2.15. The number of hydrogen-bond acceptors (Lipinski definition) is 2. The largest absolute Gasteiger partial charge is 0.310 e. The van der Waals surface area contributed by atoms with Crippen molar-refractivity contribution < 1.29 is 0 Å². The van der Waals surface area contributed by atoms with E-state index in [4.69, 9.17) is 0 Å². The highest BCUT2D eigenvalue weighted by molar-refractivity contribution is 5.84. The van der Waals surface area contributed by atoms with Crippen molar-refractivity contribution in [3.63, 3.8) is 0 Å². The lowest BCUT2D eigenvalue weighted by atomic mass is 10.0. The number of anilines is 6. The van der Waals surface area contributed by atoms with Gasteiger partial charge < -0.3 is 9.80 Å². The molecule has 0 N–H and O–H groups in total. The molecule has 0 saturated carbocycles. The summed E-state index contributed by atoms with van der Waals surface area (Å²) in [6.07, 6.45) is 8.94. The van der Waals surface area contributed by atoms with Gasteiger partial charge in [0.15, 0.2) is 0 Å². The summed E-state index contributed by atoms with van der Waals surface area (Å²) in [6.45, 7) is 13.1. The lowest BCUT2D eigenvalue weighted by Gasteiger charge is -2.26. The van der Waals surface area contributed by atoms with Gasteiger partial charge in [-0.2, -0.15) is 0 Å². The van der Waals surface area contributed by atoms with Gasteiger partial charge in [0.1, 0.15) is 0 Å². The van der Waals surface area contributed by atoms with E-state index in [0.717, 1.165) is 34.1 Å². The van der Waals surface area contributed by atoms with Crippen molar-refractivity contribution in [1.29, 1.82) is 0 Å². The van der Waals surface area contributed by atoms with E-state index in [2.05, 4.69) is 233 Å². The van der Waals surface area contributed by atoms with Gasteiger partial charge in [0.25, 0.3) is 0 Å². The molecular formula is C52H48N2. The van der Waals surface area contributed by atoms with Gasteiger partial charge in [-0.1, -0.05) is 109 Å². The monoisotopic (exact) mass is 700 g/mol. The van der Waals surface area contributed by atoms with E-state index >= 15 is 0 Å². The highest BCUT2D eigenvalue weighted by Crippen LogP contribution is 2.38. The second kappa shape index (κ2) is 16.1. The summed E-state index contributed by atoms with van der Waals surface area (Å²) in [7, 11) is 0.